The minimum atomic E-state index is -0.861. The first-order valence-corrected chi connectivity index (χ1v) is 6.73. The molecule has 2 aliphatic rings. The number of rotatable bonds is 1. The third-order valence-corrected chi connectivity index (χ3v) is 4.12. The Morgan fingerprint density at radius 2 is 2.16 bits per heavy atom. The predicted octanol–water partition coefficient (Wildman–Crippen LogP) is 1.90. The third-order valence-electron chi connectivity index (χ3n) is 4.12. The van der Waals surface area contributed by atoms with Gasteiger partial charge in [-0.3, -0.25) is 0 Å². The van der Waals surface area contributed by atoms with Gasteiger partial charge in [0.15, 0.2) is 0 Å². The van der Waals surface area contributed by atoms with E-state index in [1.165, 1.54) is 4.90 Å². The highest BCUT2D eigenvalue weighted by molar-refractivity contribution is 5.69. The molecular formula is C13H22N2O4. The highest BCUT2D eigenvalue weighted by Gasteiger charge is 2.42. The van der Waals surface area contributed by atoms with Crippen LogP contribution in [0.2, 0.25) is 0 Å². The Labute approximate surface area is 113 Å². The van der Waals surface area contributed by atoms with Crippen LogP contribution in [0.15, 0.2) is 0 Å². The number of cyclic esters (lactones) is 1. The first-order valence-electron chi connectivity index (χ1n) is 6.73. The zero-order chi connectivity index (χ0) is 14.2. The molecule has 2 heterocycles. The van der Waals surface area contributed by atoms with Gasteiger partial charge in [0, 0.05) is 18.5 Å². The van der Waals surface area contributed by atoms with Gasteiger partial charge >= 0.3 is 12.2 Å². The summed E-state index contributed by atoms with van der Waals surface area (Å²) in [4.78, 5) is 24.0. The molecule has 0 radical (unpaired) electrons. The van der Waals surface area contributed by atoms with E-state index >= 15 is 0 Å². The van der Waals surface area contributed by atoms with Gasteiger partial charge in [-0.15, -0.1) is 0 Å². The molecule has 2 N–H and O–H groups in total. The van der Waals surface area contributed by atoms with Crippen LogP contribution < -0.4 is 5.32 Å². The van der Waals surface area contributed by atoms with Crippen molar-refractivity contribution in [2.75, 3.05) is 13.1 Å². The van der Waals surface area contributed by atoms with Crippen LogP contribution in [-0.4, -0.2) is 47.4 Å². The molecule has 2 amide bonds. The standard InChI is InChI=1S/C13H22N2O4/c1-13(2,3)10-6-8(4-5-15(10)12(17)18)9-7-14-11(16)19-9/h8-10H,4-7H2,1-3H3,(H,14,16)(H,17,18). The summed E-state index contributed by atoms with van der Waals surface area (Å²) in [5, 5.41) is 12.0. The lowest BCUT2D eigenvalue weighted by Gasteiger charge is -2.45. The van der Waals surface area contributed by atoms with E-state index < -0.39 is 6.09 Å². The van der Waals surface area contributed by atoms with Crippen LogP contribution >= 0.6 is 0 Å². The largest absolute Gasteiger partial charge is 0.465 e. The molecule has 0 aromatic heterocycles. The third kappa shape index (κ3) is 2.93. The van der Waals surface area contributed by atoms with Crippen molar-refractivity contribution < 1.29 is 19.4 Å². The van der Waals surface area contributed by atoms with Gasteiger partial charge in [-0.05, 0) is 18.3 Å². The molecule has 2 saturated heterocycles. The van der Waals surface area contributed by atoms with E-state index in [1.807, 2.05) is 0 Å². The molecule has 0 bridgehead atoms. The van der Waals surface area contributed by atoms with E-state index in [2.05, 4.69) is 26.1 Å². The van der Waals surface area contributed by atoms with Crippen LogP contribution in [0.3, 0.4) is 0 Å². The summed E-state index contributed by atoms with van der Waals surface area (Å²) in [7, 11) is 0. The van der Waals surface area contributed by atoms with E-state index in [-0.39, 0.29) is 29.6 Å². The van der Waals surface area contributed by atoms with Crippen LogP contribution in [0.4, 0.5) is 9.59 Å². The second-order valence-electron chi connectivity index (χ2n) is 6.47. The van der Waals surface area contributed by atoms with Gasteiger partial charge in [0.1, 0.15) is 6.10 Å². The lowest BCUT2D eigenvalue weighted by molar-refractivity contribution is 0.00719. The van der Waals surface area contributed by atoms with Crippen molar-refractivity contribution in [3.05, 3.63) is 0 Å². The maximum absolute atomic E-state index is 11.3. The summed E-state index contributed by atoms with van der Waals surface area (Å²) < 4.78 is 5.24. The minimum Gasteiger partial charge on any atom is -0.465 e. The number of amides is 2. The molecule has 108 valence electrons. The van der Waals surface area contributed by atoms with E-state index in [1.54, 1.807) is 0 Å². The molecule has 3 atom stereocenters. The first-order chi connectivity index (χ1) is 8.79. The van der Waals surface area contributed by atoms with Crippen molar-refractivity contribution in [3.63, 3.8) is 0 Å². The highest BCUT2D eigenvalue weighted by Crippen LogP contribution is 2.36. The molecule has 6 heteroatoms. The number of likely N-dealkylation sites (tertiary alicyclic amines) is 1. The Morgan fingerprint density at radius 1 is 1.47 bits per heavy atom. The number of carboxylic acid groups (broad SMARTS) is 1. The number of carbonyl (C=O) groups is 2. The Balaban J connectivity index is 2.08. The average Bonchev–Trinajstić information content (AvgIpc) is 2.74. The van der Waals surface area contributed by atoms with E-state index in [4.69, 9.17) is 4.74 Å². The second-order valence-corrected chi connectivity index (χ2v) is 6.47. The fourth-order valence-corrected chi connectivity index (χ4v) is 3.05. The summed E-state index contributed by atoms with van der Waals surface area (Å²) in [6.45, 7) is 7.20. The molecule has 3 unspecified atom stereocenters. The number of alkyl carbamates (subject to hydrolysis) is 1. The summed E-state index contributed by atoms with van der Waals surface area (Å²) in [5.41, 5.74) is -0.118. The van der Waals surface area contributed by atoms with E-state index in [9.17, 15) is 14.7 Å². The van der Waals surface area contributed by atoms with Gasteiger partial charge in [-0.2, -0.15) is 0 Å². The highest BCUT2D eigenvalue weighted by atomic mass is 16.6. The lowest BCUT2D eigenvalue weighted by Crippen LogP contribution is -2.53. The number of hydrogen-bond donors (Lipinski definition) is 2. The normalized spacial score (nSPS) is 31.8. The van der Waals surface area contributed by atoms with Gasteiger partial charge < -0.3 is 20.1 Å². The minimum absolute atomic E-state index is 0.0388. The summed E-state index contributed by atoms with van der Waals surface area (Å²) in [6.07, 6.45) is 0.152. The molecule has 0 spiro atoms. The molecule has 2 fully saturated rings. The van der Waals surface area contributed by atoms with Gasteiger partial charge in [0.05, 0.1) is 6.54 Å². The van der Waals surface area contributed by atoms with E-state index in [0.29, 0.717) is 13.1 Å². The van der Waals surface area contributed by atoms with Crippen molar-refractivity contribution >= 4 is 12.2 Å². The first kappa shape index (κ1) is 14.0. The number of nitrogens with one attached hydrogen (secondary N) is 1. The number of ether oxygens (including phenoxy) is 1. The monoisotopic (exact) mass is 270 g/mol. The van der Waals surface area contributed by atoms with Crippen LogP contribution in [0.25, 0.3) is 0 Å². The van der Waals surface area contributed by atoms with Crippen molar-refractivity contribution in [3.8, 4) is 0 Å². The van der Waals surface area contributed by atoms with Crippen molar-refractivity contribution in [2.24, 2.45) is 11.3 Å². The van der Waals surface area contributed by atoms with Crippen molar-refractivity contribution in [2.45, 2.75) is 45.8 Å². The second kappa shape index (κ2) is 4.90. The molecule has 0 aromatic rings. The fraction of sp³-hybridized carbons (Fsp3) is 0.846. The predicted molar refractivity (Wildman–Crippen MR) is 69.0 cm³/mol. The molecule has 0 saturated carbocycles. The molecule has 19 heavy (non-hydrogen) atoms. The number of piperidine rings is 1. The molecule has 2 rings (SSSR count). The Bertz CT molecular complexity index is 377. The van der Waals surface area contributed by atoms with Crippen LogP contribution in [-0.2, 0) is 4.74 Å². The smallest absolute Gasteiger partial charge is 0.407 e. The summed E-state index contributed by atoms with van der Waals surface area (Å²) in [5.74, 6) is 0.235. The van der Waals surface area contributed by atoms with Gasteiger partial charge in [-0.1, -0.05) is 20.8 Å². The Kier molecular flexibility index (Phi) is 3.60. The molecular weight excluding hydrogens is 248 g/mol. The van der Waals surface area contributed by atoms with Gasteiger partial charge in [0.2, 0.25) is 0 Å². The zero-order valence-electron chi connectivity index (χ0n) is 11.7. The number of hydrogen-bond acceptors (Lipinski definition) is 3. The molecule has 6 nitrogen and oxygen atoms in total. The average molecular weight is 270 g/mol. The Morgan fingerprint density at radius 3 is 2.63 bits per heavy atom. The van der Waals surface area contributed by atoms with Crippen LogP contribution in [0.1, 0.15) is 33.6 Å². The maximum atomic E-state index is 11.3. The van der Waals surface area contributed by atoms with Crippen molar-refractivity contribution in [1.82, 2.24) is 10.2 Å². The quantitative estimate of drug-likeness (QED) is 0.762. The van der Waals surface area contributed by atoms with Crippen molar-refractivity contribution in [1.29, 1.82) is 0 Å². The maximum Gasteiger partial charge on any atom is 0.407 e. The fourth-order valence-electron chi connectivity index (χ4n) is 3.05. The van der Waals surface area contributed by atoms with E-state index in [0.717, 1.165) is 12.8 Å². The lowest BCUT2D eigenvalue weighted by atomic mass is 9.75. The molecule has 2 aliphatic heterocycles. The number of nitrogens with zero attached hydrogens (tertiary/aromatic N) is 1. The van der Waals surface area contributed by atoms with Crippen LogP contribution in [0, 0.1) is 11.3 Å². The zero-order valence-corrected chi connectivity index (χ0v) is 11.7. The van der Waals surface area contributed by atoms with Gasteiger partial charge in [-0.25, -0.2) is 9.59 Å². The SMILES string of the molecule is CC(C)(C)C1CC(C2CNC(=O)O2)CCN1C(=O)O. The van der Waals surface area contributed by atoms with Crippen LogP contribution in [0.5, 0.6) is 0 Å². The summed E-state index contributed by atoms with van der Waals surface area (Å²) in [6, 6.07) is -0.0388. The topological polar surface area (TPSA) is 78.9 Å². The summed E-state index contributed by atoms with van der Waals surface area (Å²) >= 11 is 0. The Hall–Kier alpha value is -1.46. The molecule has 0 aromatic carbocycles. The number of carbonyl (C=O) groups excluding carboxylic acids is 1. The molecule has 0 aliphatic carbocycles. The van der Waals surface area contributed by atoms with Gasteiger partial charge in [0.25, 0.3) is 0 Å².